The Morgan fingerprint density at radius 1 is 0.909 bits per heavy atom. The van der Waals surface area contributed by atoms with E-state index >= 15 is 0 Å². The summed E-state index contributed by atoms with van der Waals surface area (Å²) >= 11 is 15.4. The van der Waals surface area contributed by atoms with Crippen LogP contribution in [0, 0.1) is 0 Å². The average Bonchev–Trinajstić information content (AvgIpc) is 2.52. The van der Waals surface area contributed by atoms with Crippen molar-refractivity contribution in [2.45, 2.75) is 0 Å². The van der Waals surface area contributed by atoms with E-state index in [0.29, 0.717) is 27.1 Å². The van der Waals surface area contributed by atoms with Gasteiger partial charge in [0.2, 0.25) is 0 Å². The highest BCUT2D eigenvalue weighted by Crippen LogP contribution is 2.38. The Kier molecular flexibility index (Phi) is 4.39. The van der Waals surface area contributed by atoms with E-state index in [1.54, 1.807) is 42.5 Å². The Morgan fingerprint density at radius 2 is 1.59 bits per heavy atom. The molecule has 0 N–H and O–H groups in total. The van der Waals surface area contributed by atoms with Gasteiger partial charge in [-0.1, -0.05) is 29.3 Å². The lowest BCUT2D eigenvalue weighted by atomic mass is 10.0. The van der Waals surface area contributed by atoms with Gasteiger partial charge < -0.3 is 4.74 Å². The van der Waals surface area contributed by atoms with E-state index < -0.39 is 0 Å². The van der Waals surface area contributed by atoms with Gasteiger partial charge in [0.1, 0.15) is 11.5 Å². The smallest absolute Gasteiger partial charge is 0.150 e. The van der Waals surface area contributed by atoms with Gasteiger partial charge in [0.25, 0.3) is 0 Å². The summed E-state index contributed by atoms with van der Waals surface area (Å²) in [7, 11) is 0. The number of benzene rings is 3. The highest BCUT2D eigenvalue weighted by atomic mass is 79.9. The van der Waals surface area contributed by atoms with Gasteiger partial charge in [0, 0.05) is 21.0 Å². The molecule has 0 heterocycles. The van der Waals surface area contributed by atoms with Crippen molar-refractivity contribution in [2.75, 3.05) is 0 Å². The van der Waals surface area contributed by atoms with Gasteiger partial charge in [-0.05, 0) is 63.8 Å². The van der Waals surface area contributed by atoms with Crippen molar-refractivity contribution < 1.29 is 9.53 Å². The molecule has 0 atom stereocenters. The molecule has 5 heteroatoms. The maximum Gasteiger partial charge on any atom is 0.150 e. The Balaban J connectivity index is 2.15. The van der Waals surface area contributed by atoms with Gasteiger partial charge in [-0.25, -0.2) is 0 Å². The van der Waals surface area contributed by atoms with Crippen LogP contribution in [0.2, 0.25) is 10.0 Å². The van der Waals surface area contributed by atoms with Gasteiger partial charge in [-0.15, -0.1) is 0 Å². The minimum absolute atomic E-state index is 0.541. The number of carbonyl (C=O) groups is 1. The lowest BCUT2D eigenvalue weighted by molar-refractivity contribution is 0.112. The van der Waals surface area contributed by atoms with Crippen molar-refractivity contribution in [1.29, 1.82) is 0 Å². The molecule has 0 aromatic heterocycles. The maximum absolute atomic E-state index is 11.3. The van der Waals surface area contributed by atoms with Crippen LogP contribution in [-0.2, 0) is 0 Å². The highest BCUT2D eigenvalue weighted by Gasteiger charge is 2.12. The predicted octanol–water partition coefficient (Wildman–Crippen LogP) is 6.51. The zero-order chi connectivity index (χ0) is 15.7. The van der Waals surface area contributed by atoms with Gasteiger partial charge in [-0.3, -0.25) is 4.79 Å². The molecule has 3 aromatic rings. The number of carbonyl (C=O) groups excluding carboxylic acids is 1. The normalized spacial score (nSPS) is 10.7. The molecule has 0 radical (unpaired) electrons. The third-order valence-corrected chi connectivity index (χ3v) is 4.51. The average molecular weight is 396 g/mol. The van der Waals surface area contributed by atoms with Crippen molar-refractivity contribution in [1.82, 2.24) is 0 Å². The van der Waals surface area contributed by atoms with Gasteiger partial charge in [0.05, 0.1) is 4.47 Å². The Bertz CT molecular complexity index is 861. The summed E-state index contributed by atoms with van der Waals surface area (Å²) in [5.41, 5.74) is 0.541. The molecule has 0 bridgehead atoms. The first-order chi connectivity index (χ1) is 10.6. The molecule has 3 rings (SSSR count). The van der Waals surface area contributed by atoms with Crippen LogP contribution in [0.1, 0.15) is 10.4 Å². The van der Waals surface area contributed by atoms with E-state index in [1.165, 1.54) is 0 Å². The van der Waals surface area contributed by atoms with Gasteiger partial charge in [-0.2, -0.15) is 0 Å². The van der Waals surface area contributed by atoms with Crippen LogP contribution >= 0.6 is 39.1 Å². The summed E-state index contributed by atoms with van der Waals surface area (Å²) in [6, 6.07) is 14.1. The van der Waals surface area contributed by atoms with E-state index in [2.05, 4.69) is 15.9 Å². The molecule has 3 aromatic carbocycles. The Morgan fingerprint density at radius 3 is 2.27 bits per heavy atom. The first-order valence-electron chi connectivity index (χ1n) is 6.39. The zero-order valence-electron chi connectivity index (χ0n) is 11.1. The third-order valence-electron chi connectivity index (χ3n) is 3.20. The second-order valence-electron chi connectivity index (χ2n) is 4.64. The molecule has 0 aliphatic heterocycles. The predicted molar refractivity (Wildman–Crippen MR) is 93.6 cm³/mol. The SMILES string of the molecule is O=Cc1cc(Oc2ccc(Cl)cc2)c(Br)c2cc(Cl)ccc12. The molecule has 0 saturated carbocycles. The number of hydrogen-bond acceptors (Lipinski definition) is 2. The molecule has 22 heavy (non-hydrogen) atoms. The summed E-state index contributed by atoms with van der Waals surface area (Å²) in [6.45, 7) is 0. The van der Waals surface area contributed by atoms with Crippen LogP contribution in [0.5, 0.6) is 11.5 Å². The van der Waals surface area contributed by atoms with E-state index in [4.69, 9.17) is 27.9 Å². The van der Waals surface area contributed by atoms with Crippen molar-refractivity contribution in [3.05, 3.63) is 68.6 Å². The van der Waals surface area contributed by atoms with E-state index in [9.17, 15) is 4.79 Å². The molecule has 0 aliphatic rings. The molecular formula is C17H9BrCl2O2. The van der Waals surface area contributed by atoms with E-state index in [-0.39, 0.29) is 0 Å². The first-order valence-corrected chi connectivity index (χ1v) is 7.94. The van der Waals surface area contributed by atoms with Crippen LogP contribution in [0.3, 0.4) is 0 Å². The summed E-state index contributed by atoms with van der Waals surface area (Å²) < 4.78 is 6.59. The Labute approximate surface area is 145 Å². The highest BCUT2D eigenvalue weighted by molar-refractivity contribution is 9.10. The molecule has 0 aliphatic carbocycles. The van der Waals surface area contributed by atoms with E-state index in [1.807, 2.05) is 6.07 Å². The molecule has 0 amide bonds. The van der Waals surface area contributed by atoms with E-state index in [0.717, 1.165) is 21.5 Å². The molecule has 0 fully saturated rings. The summed E-state index contributed by atoms with van der Waals surface area (Å²) in [5.74, 6) is 1.17. The van der Waals surface area contributed by atoms with Crippen LogP contribution in [-0.4, -0.2) is 6.29 Å². The standard InChI is InChI=1S/C17H9BrCl2O2/c18-17-15-8-12(20)3-6-14(15)10(9-21)7-16(17)22-13-4-1-11(19)2-5-13/h1-9H. The second-order valence-corrected chi connectivity index (χ2v) is 6.31. The molecular weight excluding hydrogens is 387 g/mol. The molecule has 0 spiro atoms. The van der Waals surface area contributed by atoms with Crippen LogP contribution in [0.15, 0.2) is 53.0 Å². The number of rotatable bonds is 3. The fourth-order valence-corrected chi connectivity index (χ4v) is 2.99. The van der Waals surface area contributed by atoms with Gasteiger partial charge in [0.15, 0.2) is 6.29 Å². The largest absolute Gasteiger partial charge is 0.456 e. The summed E-state index contributed by atoms with van der Waals surface area (Å²) in [5, 5.41) is 2.86. The van der Waals surface area contributed by atoms with Crippen molar-refractivity contribution in [3.8, 4) is 11.5 Å². The van der Waals surface area contributed by atoms with Crippen molar-refractivity contribution >= 4 is 56.2 Å². The van der Waals surface area contributed by atoms with Crippen molar-refractivity contribution in [2.24, 2.45) is 0 Å². The van der Waals surface area contributed by atoms with Crippen LogP contribution in [0.4, 0.5) is 0 Å². The fraction of sp³-hybridized carbons (Fsp3) is 0. The second kappa shape index (κ2) is 6.29. The third kappa shape index (κ3) is 2.98. The molecule has 0 saturated heterocycles. The topological polar surface area (TPSA) is 26.3 Å². The lowest BCUT2D eigenvalue weighted by Gasteiger charge is -2.12. The monoisotopic (exact) mass is 394 g/mol. The number of ether oxygens (including phenoxy) is 1. The number of fused-ring (bicyclic) bond motifs is 1. The van der Waals surface area contributed by atoms with Gasteiger partial charge >= 0.3 is 0 Å². The summed E-state index contributed by atoms with van der Waals surface area (Å²) in [6.07, 6.45) is 0.803. The minimum atomic E-state index is 0.541. The first kappa shape index (κ1) is 15.3. The van der Waals surface area contributed by atoms with Crippen LogP contribution in [0.25, 0.3) is 10.8 Å². The number of hydrogen-bond donors (Lipinski definition) is 0. The minimum Gasteiger partial charge on any atom is -0.456 e. The quantitative estimate of drug-likeness (QED) is 0.472. The number of halogens is 3. The summed E-state index contributed by atoms with van der Waals surface area (Å²) in [4.78, 5) is 11.3. The molecule has 110 valence electrons. The maximum atomic E-state index is 11.3. The molecule has 0 unspecified atom stereocenters. The fourth-order valence-electron chi connectivity index (χ4n) is 2.17. The zero-order valence-corrected chi connectivity index (χ0v) is 14.2. The lowest BCUT2D eigenvalue weighted by Crippen LogP contribution is -1.91. The number of aldehydes is 1. The van der Waals surface area contributed by atoms with Crippen molar-refractivity contribution in [3.63, 3.8) is 0 Å². The van der Waals surface area contributed by atoms with Crippen LogP contribution < -0.4 is 4.74 Å². The molecule has 2 nitrogen and oxygen atoms in total. The Hall–Kier alpha value is -1.55.